The van der Waals surface area contributed by atoms with E-state index in [0.717, 1.165) is 6.08 Å². The number of alkyl halides is 6. The Morgan fingerprint density at radius 1 is 0.917 bits per heavy atom. The summed E-state index contributed by atoms with van der Waals surface area (Å²) in [4.78, 5) is 27.7. The second-order valence-electron chi connectivity index (χ2n) is 8.51. The first-order valence-electron chi connectivity index (χ1n) is 10.7. The highest BCUT2D eigenvalue weighted by Crippen LogP contribution is 2.38. The van der Waals surface area contributed by atoms with E-state index in [-0.39, 0.29) is 18.9 Å². The summed E-state index contributed by atoms with van der Waals surface area (Å²) in [6.07, 6.45) is -7.55. The summed E-state index contributed by atoms with van der Waals surface area (Å²) < 4.78 is 92.2. The van der Waals surface area contributed by atoms with Gasteiger partial charge in [0, 0.05) is 24.9 Å². The van der Waals surface area contributed by atoms with E-state index in [1.54, 1.807) is 7.05 Å². The fourth-order valence-corrected chi connectivity index (χ4v) is 3.71. The molecule has 2 N–H and O–H groups in total. The van der Waals surface area contributed by atoms with Gasteiger partial charge in [0.25, 0.3) is 0 Å². The summed E-state index contributed by atoms with van der Waals surface area (Å²) in [5, 5.41) is 4.70. The van der Waals surface area contributed by atoms with E-state index < -0.39 is 52.3 Å². The molecule has 1 aliphatic rings. The number of rotatable bonds is 5. The van der Waals surface area contributed by atoms with Crippen molar-refractivity contribution in [1.29, 1.82) is 0 Å². The molecule has 0 radical (unpaired) electrons. The predicted octanol–water partition coefficient (Wildman–Crippen LogP) is 5.10. The molecule has 1 saturated heterocycles. The highest BCUT2D eigenvalue weighted by atomic mass is 19.4. The number of amides is 2. The molecule has 12 heteroatoms. The van der Waals surface area contributed by atoms with E-state index in [0.29, 0.717) is 30.8 Å². The van der Waals surface area contributed by atoms with Gasteiger partial charge in [-0.05, 0) is 61.9 Å². The highest BCUT2D eigenvalue weighted by molar-refractivity contribution is 6.03. The lowest BCUT2D eigenvalue weighted by atomic mass is 9.86. The van der Waals surface area contributed by atoms with Crippen molar-refractivity contribution in [1.82, 2.24) is 10.2 Å². The van der Waals surface area contributed by atoms with Crippen LogP contribution >= 0.6 is 0 Å². The number of hydrogen-bond acceptors (Lipinski definition) is 3. The number of carbonyl (C=O) groups is 2. The van der Waals surface area contributed by atoms with Gasteiger partial charge in [-0.15, -0.1) is 0 Å². The van der Waals surface area contributed by atoms with Crippen molar-refractivity contribution in [2.24, 2.45) is 0 Å². The van der Waals surface area contributed by atoms with Gasteiger partial charge >= 0.3 is 12.4 Å². The van der Waals surface area contributed by atoms with Gasteiger partial charge in [0.2, 0.25) is 11.8 Å². The fourth-order valence-electron chi connectivity index (χ4n) is 3.71. The number of halogens is 7. The van der Waals surface area contributed by atoms with Gasteiger partial charge in [0.15, 0.2) is 0 Å². The zero-order chi connectivity index (χ0) is 26.7. The van der Waals surface area contributed by atoms with Crippen LogP contribution in [0.4, 0.5) is 36.4 Å². The summed E-state index contributed by atoms with van der Waals surface area (Å²) in [6, 6.07) is 5.99. The molecule has 0 atom stereocenters. The number of likely N-dealkylation sites (tertiary alicyclic amines) is 1. The minimum Gasteiger partial charge on any atom is -0.338 e. The smallest absolute Gasteiger partial charge is 0.338 e. The molecule has 0 bridgehead atoms. The molecule has 1 aliphatic heterocycles. The van der Waals surface area contributed by atoms with Crippen molar-refractivity contribution < 1.29 is 40.3 Å². The van der Waals surface area contributed by atoms with Crippen LogP contribution in [0.15, 0.2) is 48.5 Å². The lowest BCUT2D eigenvalue weighted by Gasteiger charge is -2.39. The Kier molecular flexibility index (Phi) is 7.77. The molecule has 0 unspecified atom stereocenters. The monoisotopic (exact) mass is 517 g/mol. The Hall–Kier alpha value is -3.41. The van der Waals surface area contributed by atoms with Gasteiger partial charge in [0.1, 0.15) is 11.4 Å². The molecular weight excluding hydrogens is 495 g/mol. The van der Waals surface area contributed by atoms with Gasteiger partial charge in [-0.2, -0.15) is 26.3 Å². The molecule has 1 heterocycles. The highest BCUT2D eigenvalue weighted by Gasteiger charge is 2.43. The maximum atomic E-state index is 13.2. The summed E-state index contributed by atoms with van der Waals surface area (Å²) >= 11 is 0. The van der Waals surface area contributed by atoms with Crippen molar-refractivity contribution in [3.63, 3.8) is 0 Å². The number of anilines is 1. The van der Waals surface area contributed by atoms with E-state index in [2.05, 4.69) is 10.6 Å². The first kappa shape index (κ1) is 27.2. The van der Waals surface area contributed by atoms with Crippen LogP contribution in [0.3, 0.4) is 0 Å². The molecule has 2 aromatic carbocycles. The van der Waals surface area contributed by atoms with Crippen LogP contribution in [0, 0.1) is 5.82 Å². The lowest BCUT2D eigenvalue weighted by Crippen LogP contribution is -2.61. The van der Waals surface area contributed by atoms with Crippen LogP contribution in [0.5, 0.6) is 0 Å². The van der Waals surface area contributed by atoms with Crippen molar-refractivity contribution in [3.05, 3.63) is 71.0 Å². The first-order valence-corrected chi connectivity index (χ1v) is 10.7. The fraction of sp³-hybridized carbons (Fsp3) is 0.333. The van der Waals surface area contributed by atoms with Gasteiger partial charge < -0.3 is 15.5 Å². The van der Waals surface area contributed by atoms with Gasteiger partial charge in [-0.3, -0.25) is 9.59 Å². The maximum Gasteiger partial charge on any atom is 0.416 e. The molecular formula is C24H22F7N3O2. The van der Waals surface area contributed by atoms with Crippen LogP contribution < -0.4 is 10.6 Å². The number of benzene rings is 2. The van der Waals surface area contributed by atoms with E-state index in [9.17, 15) is 40.3 Å². The predicted molar refractivity (Wildman–Crippen MR) is 118 cm³/mol. The molecule has 0 saturated carbocycles. The maximum absolute atomic E-state index is 13.2. The van der Waals surface area contributed by atoms with Crippen LogP contribution in [0.2, 0.25) is 0 Å². The molecule has 5 nitrogen and oxygen atoms in total. The topological polar surface area (TPSA) is 61.4 Å². The van der Waals surface area contributed by atoms with Gasteiger partial charge in [-0.25, -0.2) is 4.39 Å². The van der Waals surface area contributed by atoms with E-state index in [4.69, 9.17) is 0 Å². The Balaban J connectivity index is 1.87. The van der Waals surface area contributed by atoms with Gasteiger partial charge in [0.05, 0.1) is 11.1 Å². The summed E-state index contributed by atoms with van der Waals surface area (Å²) in [6.45, 7) is 0.678. The van der Waals surface area contributed by atoms with Crippen LogP contribution in [0.1, 0.15) is 29.5 Å². The molecule has 3 rings (SSSR count). The molecule has 0 aromatic heterocycles. The number of nitrogens with one attached hydrogen (secondary N) is 2. The van der Waals surface area contributed by atoms with Crippen molar-refractivity contribution in [2.75, 3.05) is 25.5 Å². The molecule has 0 spiro atoms. The lowest BCUT2D eigenvalue weighted by molar-refractivity contribution is -0.143. The summed E-state index contributed by atoms with van der Waals surface area (Å²) in [5.41, 5.74) is -4.93. The van der Waals surface area contributed by atoms with E-state index in [1.807, 2.05) is 4.90 Å². The number of nitrogens with zero attached hydrogens (tertiary/aromatic N) is 1. The molecule has 36 heavy (non-hydrogen) atoms. The third-order valence-corrected chi connectivity index (χ3v) is 5.78. The zero-order valence-electron chi connectivity index (χ0n) is 18.9. The largest absolute Gasteiger partial charge is 0.416 e. The molecule has 2 aromatic rings. The third-order valence-electron chi connectivity index (χ3n) is 5.78. The van der Waals surface area contributed by atoms with Crippen molar-refractivity contribution in [2.45, 2.75) is 30.7 Å². The van der Waals surface area contributed by atoms with Crippen LogP contribution in [-0.4, -0.2) is 42.4 Å². The molecule has 0 aliphatic carbocycles. The molecule has 2 amide bonds. The van der Waals surface area contributed by atoms with Crippen LogP contribution in [0.25, 0.3) is 6.08 Å². The standard InChI is InChI=1S/C24H22F7N3O2/c1-34-10-8-22(9-11-34,33-20(35)7-4-15-2-5-18(25)6-3-15)21(36)32-19-13-16(23(26,27)28)12-17(14-19)24(29,30)31/h2-7,12-14H,8-11H2,1H3,(H,32,36)(H,33,35)/b7-4+. The Labute approximate surface area is 202 Å². The SMILES string of the molecule is CN1CCC(NC(=O)/C=C/c2ccc(F)cc2)(C(=O)Nc2cc(C(F)(F)F)cc(C(F)(F)F)c2)CC1. The number of hydrogen-bond donors (Lipinski definition) is 2. The Morgan fingerprint density at radius 3 is 1.94 bits per heavy atom. The average Bonchev–Trinajstić information content (AvgIpc) is 2.79. The molecule has 1 fully saturated rings. The molecule has 194 valence electrons. The second kappa shape index (κ2) is 10.3. The first-order chi connectivity index (χ1) is 16.7. The van der Waals surface area contributed by atoms with Crippen molar-refractivity contribution >= 4 is 23.6 Å². The average molecular weight is 517 g/mol. The second-order valence-corrected chi connectivity index (χ2v) is 8.51. The Morgan fingerprint density at radius 2 is 1.44 bits per heavy atom. The minimum atomic E-state index is -5.08. The summed E-state index contributed by atoms with van der Waals surface area (Å²) in [7, 11) is 1.76. The Bertz CT molecular complexity index is 1100. The van der Waals surface area contributed by atoms with E-state index >= 15 is 0 Å². The summed E-state index contributed by atoms with van der Waals surface area (Å²) in [5.74, 6) is -2.12. The van der Waals surface area contributed by atoms with Crippen LogP contribution in [-0.2, 0) is 21.9 Å². The number of piperidine rings is 1. The van der Waals surface area contributed by atoms with Gasteiger partial charge in [-0.1, -0.05) is 12.1 Å². The zero-order valence-corrected chi connectivity index (χ0v) is 18.9. The third kappa shape index (κ3) is 6.84. The minimum absolute atomic E-state index is 0.0387. The van der Waals surface area contributed by atoms with Crippen molar-refractivity contribution in [3.8, 4) is 0 Å². The normalized spacial score (nSPS) is 16.7. The quantitative estimate of drug-likeness (QED) is 0.429. The van der Waals surface area contributed by atoms with E-state index in [1.165, 1.54) is 30.3 Å². The number of carbonyl (C=O) groups excluding carboxylic acids is 2.